The Morgan fingerprint density at radius 3 is 2.43 bits per heavy atom. The fourth-order valence-corrected chi connectivity index (χ4v) is 3.68. The number of pyridine rings is 1. The lowest BCUT2D eigenvalue weighted by atomic mass is 9.91. The van der Waals surface area contributed by atoms with Gasteiger partial charge in [0.15, 0.2) is 12.4 Å². The van der Waals surface area contributed by atoms with Gasteiger partial charge in [0.05, 0.1) is 16.8 Å². The topological polar surface area (TPSA) is 56.3 Å². The van der Waals surface area contributed by atoms with Crippen LogP contribution < -0.4 is 0 Å². The van der Waals surface area contributed by atoms with Crippen molar-refractivity contribution < 1.29 is 14.3 Å². The summed E-state index contributed by atoms with van der Waals surface area (Å²) in [6, 6.07) is 17.7. The molecule has 152 valence electrons. The Balaban J connectivity index is 1.76. The molecule has 0 radical (unpaired) electrons. The number of allylic oxidation sites excluding steroid dienone is 1. The molecule has 0 fully saturated rings. The van der Waals surface area contributed by atoms with Gasteiger partial charge in [0.25, 0.3) is 0 Å². The van der Waals surface area contributed by atoms with Crippen LogP contribution in [0, 0.1) is 5.41 Å². The molecule has 3 aromatic rings. The average Bonchev–Trinajstić information content (AvgIpc) is 3.12. The zero-order valence-corrected chi connectivity index (χ0v) is 17.6. The molecule has 30 heavy (non-hydrogen) atoms. The number of hydrogen-bond acceptors (Lipinski definition) is 4. The van der Waals surface area contributed by atoms with Gasteiger partial charge in [-0.1, -0.05) is 69.3 Å². The van der Waals surface area contributed by atoms with Crippen LogP contribution in [-0.4, -0.2) is 23.3 Å². The lowest BCUT2D eigenvalue weighted by molar-refractivity contribution is -0.129. The van der Waals surface area contributed by atoms with Gasteiger partial charge in [0.1, 0.15) is 0 Å². The van der Waals surface area contributed by atoms with Crippen LogP contribution in [0.2, 0.25) is 0 Å². The summed E-state index contributed by atoms with van der Waals surface area (Å²) in [5, 5.41) is 0.769. The second-order valence-corrected chi connectivity index (χ2v) is 8.66. The summed E-state index contributed by atoms with van der Waals surface area (Å²) in [5.41, 5.74) is 4.72. The van der Waals surface area contributed by atoms with Crippen molar-refractivity contribution in [3.63, 3.8) is 0 Å². The molecular weight excluding hydrogens is 374 g/mol. The number of Topliss-reactive ketones (excluding diaryl/α,β-unsaturated/α-hetero) is 1. The number of hydrogen-bond donors (Lipinski definition) is 0. The molecule has 1 heterocycles. The van der Waals surface area contributed by atoms with E-state index in [4.69, 9.17) is 9.72 Å². The molecule has 0 atom stereocenters. The van der Waals surface area contributed by atoms with Crippen molar-refractivity contribution in [1.29, 1.82) is 0 Å². The lowest BCUT2D eigenvalue weighted by Gasteiger charge is -2.17. The first-order valence-corrected chi connectivity index (χ1v) is 10.2. The minimum absolute atomic E-state index is 0.101. The fourth-order valence-electron chi connectivity index (χ4n) is 3.68. The Bertz CT molecular complexity index is 1150. The first kappa shape index (κ1) is 20.0. The average molecular weight is 399 g/mol. The number of fused-ring (bicyclic) bond motifs is 2. The predicted octanol–water partition coefficient (Wildman–Crippen LogP) is 5.49. The van der Waals surface area contributed by atoms with Crippen molar-refractivity contribution in [2.24, 2.45) is 5.41 Å². The summed E-state index contributed by atoms with van der Waals surface area (Å²) in [6.45, 7) is 5.25. The minimum Gasteiger partial charge on any atom is -0.454 e. The highest BCUT2D eigenvalue weighted by Gasteiger charge is 2.29. The van der Waals surface area contributed by atoms with Gasteiger partial charge < -0.3 is 4.74 Å². The van der Waals surface area contributed by atoms with E-state index in [0.717, 1.165) is 46.1 Å². The molecule has 4 rings (SSSR count). The van der Waals surface area contributed by atoms with Crippen LogP contribution in [-0.2, 0) is 16.0 Å². The van der Waals surface area contributed by atoms with Gasteiger partial charge in [-0.3, -0.25) is 4.79 Å². The molecule has 0 bridgehead atoms. The normalized spacial score (nSPS) is 14.7. The molecule has 0 amide bonds. The highest BCUT2D eigenvalue weighted by molar-refractivity contribution is 6.07. The number of carbonyl (C=O) groups is 2. The SMILES string of the molecule is CC(C)(C)C(=O)COC(=O)c1c2c(nc3ccccc13)/C(=C/c1ccccc1)CC2. The number of rotatable bonds is 4. The third kappa shape index (κ3) is 3.90. The first-order chi connectivity index (χ1) is 14.3. The van der Waals surface area contributed by atoms with Crippen LogP contribution in [0.3, 0.4) is 0 Å². The second kappa shape index (κ2) is 7.86. The third-order valence-electron chi connectivity index (χ3n) is 5.46. The van der Waals surface area contributed by atoms with E-state index < -0.39 is 11.4 Å². The Hall–Kier alpha value is -3.27. The molecule has 1 aliphatic rings. The van der Waals surface area contributed by atoms with E-state index in [1.54, 1.807) is 0 Å². The molecule has 0 saturated heterocycles. The number of ketones is 1. The van der Waals surface area contributed by atoms with Crippen molar-refractivity contribution in [3.05, 3.63) is 77.0 Å². The smallest absolute Gasteiger partial charge is 0.339 e. The number of esters is 1. The minimum atomic E-state index is -0.547. The van der Waals surface area contributed by atoms with E-state index in [9.17, 15) is 9.59 Å². The number of nitrogens with zero attached hydrogens (tertiary/aromatic N) is 1. The van der Waals surface area contributed by atoms with Crippen LogP contribution in [0.15, 0.2) is 54.6 Å². The van der Waals surface area contributed by atoms with Gasteiger partial charge in [-0.25, -0.2) is 9.78 Å². The summed E-state index contributed by atoms with van der Waals surface area (Å²) in [4.78, 5) is 30.2. The Morgan fingerprint density at radius 2 is 1.70 bits per heavy atom. The van der Waals surface area contributed by atoms with E-state index in [-0.39, 0.29) is 12.4 Å². The van der Waals surface area contributed by atoms with Crippen molar-refractivity contribution in [2.75, 3.05) is 6.61 Å². The summed E-state index contributed by atoms with van der Waals surface area (Å²) >= 11 is 0. The van der Waals surface area contributed by atoms with E-state index in [2.05, 4.69) is 18.2 Å². The van der Waals surface area contributed by atoms with Crippen LogP contribution in [0.1, 0.15) is 54.4 Å². The van der Waals surface area contributed by atoms with Crippen molar-refractivity contribution in [2.45, 2.75) is 33.6 Å². The van der Waals surface area contributed by atoms with Crippen molar-refractivity contribution >= 4 is 34.3 Å². The zero-order chi connectivity index (χ0) is 21.3. The number of carbonyl (C=O) groups excluding carboxylic acids is 2. The molecule has 0 unspecified atom stereocenters. The van der Waals surface area contributed by atoms with Gasteiger partial charge >= 0.3 is 5.97 Å². The van der Waals surface area contributed by atoms with E-state index in [1.807, 2.05) is 63.2 Å². The van der Waals surface area contributed by atoms with E-state index in [0.29, 0.717) is 5.56 Å². The zero-order valence-electron chi connectivity index (χ0n) is 17.6. The van der Waals surface area contributed by atoms with Crippen LogP contribution >= 0.6 is 0 Å². The summed E-state index contributed by atoms with van der Waals surface area (Å²) < 4.78 is 5.47. The van der Waals surface area contributed by atoms with Gasteiger partial charge in [-0.05, 0) is 41.7 Å². The maximum atomic E-state index is 13.1. The molecule has 0 N–H and O–H groups in total. The summed E-state index contributed by atoms with van der Waals surface area (Å²) in [7, 11) is 0. The van der Waals surface area contributed by atoms with Crippen LogP contribution in [0.4, 0.5) is 0 Å². The Labute approximate surface area is 176 Å². The molecule has 2 aromatic carbocycles. The number of para-hydroxylation sites is 1. The molecule has 1 aromatic heterocycles. The standard InChI is InChI=1S/C26H25NO3/c1-26(2,3)22(28)16-30-25(29)23-19-11-7-8-12-21(19)27-24-18(13-14-20(23)24)15-17-9-5-4-6-10-17/h4-12,15H,13-14,16H2,1-3H3/b18-15+. The largest absolute Gasteiger partial charge is 0.454 e. The monoisotopic (exact) mass is 399 g/mol. The molecule has 4 heteroatoms. The molecule has 0 spiro atoms. The quantitative estimate of drug-likeness (QED) is 0.544. The van der Waals surface area contributed by atoms with Crippen molar-refractivity contribution in [3.8, 4) is 0 Å². The number of ether oxygens (including phenoxy) is 1. The van der Waals surface area contributed by atoms with E-state index in [1.165, 1.54) is 0 Å². The number of benzene rings is 2. The highest BCUT2D eigenvalue weighted by Crippen LogP contribution is 2.37. The summed E-state index contributed by atoms with van der Waals surface area (Å²) in [6.07, 6.45) is 3.67. The highest BCUT2D eigenvalue weighted by atomic mass is 16.5. The van der Waals surface area contributed by atoms with Gasteiger partial charge in [-0.15, -0.1) is 0 Å². The Morgan fingerprint density at radius 1 is 1.00 bits per heavy atom. The van der Waals surface area contributed by atoms with E-state index >= 15 is 0 Å². The predicted molar refractivity (Wildman–Crippen MR) is 119 cm³/mol. The van der Waals surface area contributed by atoms with Crippen LogP contribution in [0.5, 0.6) is 0 Å². The van der Waals surface area contributed by atoms with Gasteiger partial charge in [0.2, 0.25) is 0 Å². The number of aromatic nitrogens is 1. The molecular formula is C26H25NO3. The van der Waals surface area contributed by atoms with Gasteiger partial charge in [-0.2, -0.15) is 0 Å². The molecule has 0 saturated carbocycles. The molecule has 4 nitrogen and oxygen atoms in total. The molecule has 0 aliphatic heterocycles. The first-order valence-electron chi connectivity index (χ1n) is 10.2. The fraction of sp³-hybridized carbons (Fsp3) is 0.269. The maximum absolute atomic E-state index is 13.1. The summed E-state index contributed by atoms with van der Waals surface area (Å²) in [5.74, 6) is -0.557. The Kier molecular flexibility index (Phi) is 5.25. The third-order valence-corrected chi connectivity index (χ3v) is 5.46. The van der Waals surface area contributed by atoms with Gasteiger partial charge in [0, 0.05) is 10.8 Å². The van der Waals surface area contributed by atoms with Crippen molar-refractivity contribution in [1.82, 2.24) is 4.98 Å². The maximum Gasteiger partial charge on any atom is 0.339 e. The van der Waals surface area contributed by atoms with Crippen LogP contribution in [0.25, 0.3) is 22.6 Å². The molecule has 1 aliphatic carbocycles. The lowest BCUT2D eigenvalue weighted by Crippen LogP contribution is -2.26. The second-order valence-electron chi connectivity index (χ2n) is 8.66.